The largest absolute Gasteiger partial charge is 0.493 e. The highest BCUT2D eigenvalue weighted by molar-refractivity contribution is 5.92. The Morgan fingerprint density at radius 3 is 2.65 bits per heavy atom. The van der Waals surface area contributed by atoms with Crippen molar-refractivity contribution < 1.29 is 18.8 Å². The maximum Gasteiger partial charge on any atom is 0.276 e. The number of carbonyl (C=O) groups excluding carboxylic acids is 2. The Bertz CT molecular complexity index is 736. The lowest BCUT2D eigenvalue weighted by Crippen LogP contribution is -2.46. The number of rotatable bonds is 6. The van der Waals surface area contributed by atoms with E-state index in [9.17, 15) is 9.59 Å². The van der Waals surface area contributed by atoms with E-state index in [1.807, 2.05) is 30.3 Å². The summed E-state index contributed by atoms with van der Waals surface area (Å²) in [6.45, 7) is 3.29. The van der Waals surface area contributed by atoms with Gasteiger partial charge in [-0.1, -0.05) is 23.4 Å². The van der Waals surface area contributed by atoms with Crippen molar-refractivity contribution in [3.63, 3.8) is 0 Å². The fraction of sp³-hybridized carbons (Fsp3) is 0.421. The Kier molecular flexibility index (Phi) is 5.88. The maximum atomic E-state index is 12.3. The number of amides is 2. The molecule has 0 aliphatic carbocycles. The van der Waals surface area contributed by atoms with E-state index in [0.717, 1.165) is 18.6 Å². The van der Waals surface area contributed by atoms with Gasteiger partial charge in [0.2, 0.25) is 5.91 Å². The molecule has 26 heavy (non-hydrogen) atoms. The van der Waals surface area contributed by atoms with Crippen molar-refractivity contribution in [1.29, 1.82) is 0 Å². The van der Waals surface area contributed by atoms with E-state index >= 15 is 0 Å². The van der Waals surface area contributed by atoms with Gasteiger partial charge >= 0.3 is 0 Å². The molecule has 1 aliphatic heterocycles. The first-order valence-electron chi connectivity index (χ1n) is 8.81. The smallest absolute Gasteiger partial charge is 0.276 e. The molecule has 1 saturated heterocycles. The quantitative estimate of drug-likeness (QED) is 0.856. The van der Waals surface area contributed by atoms with Gasteiger partial charge in [0.1, 0.15) is 11.5 Å². The topological polar surface area (TPSA) is 84.7 Å². The van der Waals surface area contributed by atoms with Gasteiger partial charge < -0.3 is 19.5 Å². The first-order chi connectivity index (χ1) is 12.6. The molecule has 1 aliphatic rings. The molecule has 2 amide bonds. The van der Waals surface area contributed by atoms with Gasteiger partial charge in [0.05, 0.1) is 13.0 Å². The fourth-order valence-corrected chi connectivity index (χ4v) is 2.93. The van der Waals surface area contributed by atoms with Crippen LogP contribution < -0.4 is 10.1 Å². The Balaban J connectivity index is 1.37. The summed E-state index contributed by atoms with van der Waals surface area (Å²) in [5.74, 6) is 1.23. The van der Waals surface area contributed by atoms with Crippen LogP contribution >= 0.6 is 0 Å². The van der Waals surface area contributed by atoms with Crippen LogP contribution in [0.15, 0.2) is 40.9 Å². The van der Waals surface area contributed by atoms with E-state index in [2.05, 4.69) is 10.5 Å². The highest BCUT2D eigenvalue weighted by atomic mass is 16.5. The van der Waals surface area contributed by atoms with Crippen molar-refractivity contribution >= 4 is 11.8 Å². The van der Waals surface area contributed by atoms with Gasteiger partial charge in [0.15, 0.2) is 5.69 Å². The van der Waals surface area contributed by atoms with Crippen LogP contribution in [0.4, 0.5) is 0 Å². The molecule has 0 saturated carbocycles. The molecule has 0 bridgehead atoms. The Morgan fingerprint density at radius 1 is 1.27 bits per heavy atom. The van der Waals surface area contributed by atoms with Crippen LogP contribution in [0.3, 0.4) is 0 Å². The van der Waals surface area contributed by atoms with Gasteiger partial charge in [-0.15, -0.1) is 0 Å². The molecular weight excluding hydrogens is 334 g/mol. The van der Waals surface area contributed by atoms with Crippen molar-refractivity contribution in [1.82, 2.24) is 15.4 Å². The summed E-state index contributed by atoms with van der Waals surface area (Å²) in [5, 5.41) is 6.78. The number of benzene rings is 1. The molecule has 2 heterocycles. The molecule has 3 rings (SSSR count). The zero-order valence-corrected chi connectivity index (χ0v) is 14.8. The number of nitrogens with zero attached hydrogens (tertiary/aromatic N) is 2. The Hall–Kier alpha value is -2.83. The summed E-state index contributed by atoms with van der Waals surface area (Å²) in [4.78, 5) is 26.1. The number of para-hydroxylation sites is 1. The Labute approximate surface area is 152 Å². The number of hydrogen-bond donors (Lipinski definition) is 1. The van der Waals surface area contributed by atoms with Crippen LogP contribution in [-0.2, 0) is 4.79 Å². The number of nitrogens with one attached hydrogen (secondary N) is 1. The maximum absolute atomic E-state index is 12.3. The molecule has 1 aromatic heterocycles. The second kappa shape index (κ2) is 8.51. The minimum Gasteiger partial charge on any atom is -0.493 e. The van der Waals surface area contributed by atoms with Gasteiger partial charge in [-0.2, -0.15) is 0 Å². The van der Waals surface area contributed by atoms with E-state index in [0.29, 0.717) is 37.6 Å². The number of piperidine rings is 1. The average molecular weight is 357 g/mol. The molecule has 7 nitrogen and oxygen atoms in total. The zero-order chi connectivity index (χ0) is 18.4. The molecule has 2 aromatic rings. The predicted octanol–water partition coefficient (Wildman–Crippen LogP) is 2.17. The lowest BCUT2D eigenvalue weighted by atomic mass is 10.0. The minimum absolute atomic E-state index is 0.0298. The van der Waals surface area contributed by atoms with E-state index in [4.69, 9.17) is 9.26 Å². The molecule has 0 radical (unpaired) electrons. The van der Waals surface area contributed by atoms with Crippen LogP contribution in [0.5, 0.6) is 5.75 Å². The lowest BCUT2D eigenvalue weighted by Gasteiger charge is -2.31. The second-order valence-electron chi connectivity index (χ2n) is 6.37. The average Bonchev–Trinajstić information content (AvgIpc) is 3.09. The van der Waals surface area contributed by atoms with E-state index in [-0.39, 0.29) is 17.9 Å². The van der Waals surface area contributed by atoms with Crippen molar-refractivity contribution in [2.24, 2.45) is 0 Å². The second-order valence-corrected chi connectivity index (χ2v) is 6.37. The van der Waals surface area contributed by atoms with E-state index in [1.54, 1.807) is 17.9 Å². The van der Waals surface area contributed by atoms with Gasteiger partial charge in [0, 0.05) is 25.2 Å². The van der Waals surface area contributed by atoms with Crippen LogP contribution in [-0.4, -0.2) is 47.6 Å². The number of hydrogen-bond acceptors (Lipinski definition) is 5. The van der Waals surface area contributed by atoms with Gasteiger partial charge in [0.25, 0.3) is 5.91 Å². The summed E-state index contributed by atoms with van der Waals surface area (Å²) in [6.07, 6.45) is 1.77. The third-order valence-electron chi connectivity index (χ3n) is 4.34. The summed E-state index contributed by atoms with van der Waals surface area (Å²) >= 11 is 0. The van der Waals surface area contributed by atoms with Crippen molar-refractivity contribution in [3.8, 4) is 5.75 Å². The molecule has 0 spiro atoms. The standard InChI is InChI=1S/C19H23N3O4/c1-14-13-17(21-26-14)19(24)22-10-7-15(8-11-22)20-18(23)9-12-25-16-5-3-2-4-6-16/h2-6,13,15H,7-12H2,1H3,(H,20,23). The van der Waals surface area contributed by atoms with Crippen molar-refractivity contribution in [2.45, 2.75) is 32.2 Å². The monoisotopic (exact) mass is 357 g/mol. The molecule has 0 atom stereocenters. The highest BCUT2D eigenvalue weighted by Crippen LogP contribution is 2.14. The van der Waals surface area contributed by atoms with Crippen molar-refractivity contribution in [2.75, 3.05) is 19.7 Å². The number of aryl methyl sites for hydroxylation is 1. The number of likely N-dealkylation sites (tertiary alicyclic amines) is 1. The molecule has 1 aromatic carbocycles. The van der Waals surface area contributed by atoms with Gasteiger partial charge in [-0.05, 0) is 31.9 Å². The van der Waals surface area contributed by atoms with E-state index < -0.39 is 0 Å². The lowest BCUT2D eigenvalue weighted by molar-refractivity contribution is -0.122. The third-order valence-corrected chi connectivity index (χ3v) is 4.34. The summed E-state index contributed by atoms with van der Waals surface area (Å²) in [5.41, 5.74) is 0.336. The SMILES string of the molecule is Cc1cc(C(=O)N2CCC(NC(=O)CCOc3ccccc3)CC2)no1. The summed E-state index contributed by atoms with van der Waals surface area (Å²) in [7, 11) is 0. The van der Waals surface area contributed by atoms with Crippen LogP contribution in [0.25, 0.3) is 0 Å². The number of carbonyl (C=O) groups is 2. The molecule has 1 N–H and O–H groups in total. The van der Waals surface area contributed by atoms with E-state index in [1.165, 1.54) is 0 Å². The Morgan fingerprint density at radius 2 is 2.00 bits per heavy atom. The molecule has 0 unspecified atom stereocenters. The molecular formula is C19H23N3O4. The minimum atomic E-state index is -0.122. The van der Waals surface area contributed by atoms with Gasteiger partial charge in [-0.3, -0.25) is 9.59 Å². The molecule has 1 fully saturated rings. The first kappa shape index (κ1) is 18.0. The zero-order valence-electron chi connectivity index (χ0n) is 14.8. The number of aromatic nitrogens is 1. The van der Waals surface area contributed by atoms with Gasteiger partial charge in [-0.25, -0.2) is 0 Å². The fourth-order valence-electron chi connectivity index (χ4n) is 2.93. The highest BCUT2D eigenvalue weighted by Gasteiger charge is 2.26. The predicted molar refractivity (Wildman–Crippen MR) is 94.9 cm³/mol. The van der Waals surface area contributed by atoms with Crippen LogP contribution in [0.2, 0.25) is 0 Å². The first-order valence-corrected chi connectivity index (χ1v) is 8.81. The third kappa shape index (κ3) is 4.84. The molecule has 138 valence electrons. The van der Waals surface area contributed by atoms with Crippen LogP contribution in [0.1, 0.15) is 35.5 Å². The normalized spacial score (nSPS) is 14.9. The molecule has 7 heteroatoms. The number of ether oxygens (including phenoxy) is 1. The summed E-state index contributed by atoms with van der Waals surface area (Å²) in [6, 6.07) is 11.2. The summed E-state index contributed by atoms with van der Waals surface area (Å²) < 4.78 is 10.5. The van der Waals surface area contributed by atoms with Crippen molar-refractivity contribution in [3.05, 3.63) is 47.9 Å². The van der Waals surface area contributed by atoms with Crippen LogP contribution in [0, 0.1) is 6.92 Å².